The molecule has 0 saturated carbocycles. The number of hydrogen-bond donors (Lipinski definition) is 2. The second-order valence-corrected chi connectivity index (χ2v) is 7.15. The number of nitrogens with one attached hydrogen (secondary N) is 1. The number of halogens is 3. The van der Waals surface area contributed by atoms with Crippen LogP contribution in [0.25, 0.3) is 0 Å². The van der Waals surface area contributed by atoms with Crippen LogP contribution >= 0.6 is 11.3 Å². The summed E-state index contributed by atoms with van der Waals surface area (Å²) >= 11 is 0.894. The van der Waals surface area contributed by atoms with Gasteiger partial charge in [-0.25, -0.2) is 8.42 Å². The highest BCUT2D eigenvalue weighted by Gasteiger charge is 2.31. The molecule has 0 atom stereocenters. The van der Waals surface area contributed by atoms with Crippen molar-refractivity contribution in [2.45, 2.75) is 17.3 Å². The summed E-state index contributed by atoms with van der Waals surface area (Å²) in [6.07, 6.45) is -4.54. The molecule has 4 nitrogen and oxygen atoms in total. The van der Waals surface area contributed by atoms with Crippen molar-refractivity contribution < 1.29 is 21.6 Å². The van der Waals surface area contributed by atoms with Gasteiger partial charge in [0.1, 0.15) is 4.21 Å². The first-order valence-electron chi connectivity index (χ1n) is 5.64. The number of nitrogens with two attached hydrogens (primary N) is 1. The summed E-state index contributed by atoms with van der Waals surface area (Å²) in [7, 11) is -3.96. The average molecular weight is 336 g/mol. The number of rotatable bonds is 3. The Morgan fingerprint density at radius 3 is 2.43 bits per heavy atom. The normalized spacial score (nSPS) is 12.4. The third-order valence-electron chi connectivity index (χ3n) is 2.67. The highest BCUT2D eigenvalue weighted by atomic mass is 32.2. The van der Waals surface area contributed by atoms with Gasteiger partial charge >= 0.3 is 6.18 Å². The van der Waals surface area contributed by atoms with Crippen LogP contribution in [0.2, 0.25) is 0 Å². The maximum Gasteiger partial charge on any atom is 0.416 e. The van der Waals surface area contributed by atoms with Crippen LogP contribution in [0.5, 0.6) is 0 Å². The SMILES string of the molecule is Cc1ccc(C(F)(F)F)cc1NS(=O)(=O)c1cc(N)cs1. The summed E-state index contributed by atoms with van der Waals surface area (Å²) in [5.41, 5.74) is 5.08. The lowest BCUT2D eigenvalue weighted by Crippen LogP contribution is -2.14. The molecule has 0 spiro atoms. The van der Waals surface area contributed by atoms with Gasteiger partial charge in [-0.1, -0.05) is 6.07 Å². The molecule has 0 amide bonds. The van der Waals surface area contributed by atoms with Gasteiger partial charge in [0, 0.05) is 11.1 Å². The van der Waals surface area contributed by atoms with Crippen LogP contribution in [0.1, 0.15) is 11.1 Å². The minimum atomic E-state index is -4.54. The van der Waals surface area contributed by atoms with Gasteiger partial charge in [0.25, 0.3) is 10.0 Å². The third-order valence-corrected chi connectivity index (χ3v) is 5.49. The number of nitrogen functional groups attached to an aromatic ring is 1. The van der Waals surface area contributed by atoms with Gasteiger partial charge in [-0.2, -0.15) is 13.2 Å². The Balaban J connectivity index is 2.39. The molecule has 0 unspecified atom stereocenters. The molecule has 0 bridgehead atoms. The smallest absolute Gasteiger partial charge is 0.398 e. The molecule has 1 heterocycles. The molecular formula is C12H11F3N2O2S2. The van der Waals surface area contributed by atoms with Gasteiger partial charge in [0.2, 0.25) is 0 Å². The molecule has 0 aliphatic heterocycles. The molecule has 1 aromatic heterocycles. The van der Waals surface area contributed by atoms with Crippen LogP contribution < -0.4 is 10.5 Å². The molecule has 1 aromatic carbocycles. The topological polar surface area (TPSA) is 72.2 Å². The zero-order valence-corrected chi connectivity index (χ0v) is 12.4. The highest BCUT2D eigenvalue weighted by molar-refractivity contribution is 7.94. The van der Waals surface area contributed by atoms with Gasteiger partial charge in [0.15, 0.2) is 0 Å². The zero-order chi connectivity index (χ0) is 15.8. The Morgan fingerprint density at radius 2 is 1.90 bits per heavy atom. The minimum absolute atomic E-state index is 0.0585. The van der Waals surface area contributed by atoms with Gasteiger partial charge in [-0.3, -0.25) is 4.72 Å². The summed E-state index contributed by atoms with van der Waals surface area (Å²) < 4.78 is 64.3. The lowest BCUT2D eigenvalue weighted by atomic mass is 10.1. The Labute approximate surface area is 123 Å². The van der Waals surface area contributed by atoms with Gasteiger partial charge < -0.3 is 5.73 Å². The maximum atomic E-state index is 12.7. The van der Waals surface area contributed by atoms with Crippen molar-refractivity contribution in [2.75, 3.05) is 10.5 Å². The minimum Gasteiger partial charge on any atom is -0.398 e. The van der Waals surface area contributed by atoms with Crippen molar-refractivity contribution in [1.29, 1.82) is 0 Å². The first kappa shape index (κ1) is 15.6. The fraction of sp³-hybridized carbons (Fsp3) is 0.167. The van der Waals surface area contributed by atoms with E-state index in [0.29, 0.717) is 5.56 Å². The fourth-order valence-corrected chi connectivity index (χ4v) is 3.78. The Hall–Kier alpha value is -1.74. The predicted octanol–water partition coefficient (Wildman–Crippen LogP) is 3.46. The van der Waals surface area contributed by atoms with Crippen molar-refractivity contribution in [3.8, 4) is 0 Å². The number of benzene rings is 1. The van der Waals surface area contributed by atoms with E-state index in [-0.39, 0.29) is 15.6 Å². The van der Waals surface area contributed by atoms with E-state index in [4.69, 9.17) is 5.73 Å². The Morgan fingerprint density at radius 1 is 1.24 bits per heavy atom. The average Bonchev–Trinajstić information content (AvgIpc) is 2.78. The van der Waals surface area contributed by atoms with E-state index in [2.05, 4.69) is 4.72 Å². The van der Waals surface area contributed by atoms with E-state index >= 15 is 0 Å². The molecular weight excluding hydrogens is 325 g/mol. The second-order valence-electron chi connectivity index (χ2n) is 4.33. The summed E-state index contributed by atoms with van der Waals surface area (Å²) in [5, 5.41) is 1.44. The van der Waals surface area contributed by atoms with Crippen LogP contribution in [0.4, 0.5) is 24.5 Å². The van der Waals surface area contributed by atoms with Crippen molar-refractivity contribution in [3.63, 3.8) is 0 Å². The van der Waals surface area contributed by atoms with Crippen molar-refractivity contribution >= 4 is 32.7 Å². The van der Waals surface area contributed by atoms with E-state index in [9.17, 15) is 21.6 Å². The molecule has 2 aromatic rings. The summed E-state index contributed by atoms with van der Waals surface area (Å²) in [6, 6.07) is 4.12. The highest BCUT2D eigenvalue weighted by Crippen LogP contribution is 2.33. The summed E-state index contributed by atoms with van der Waals surface area (Å²) in [5.74, 6) is 0. The van der Waals surface area contributed by atoms with Crippen LogP contribution in [0.15, 0.2) is 33.9 Å². The molecule has 0 radical (unpaired) electrons. The molecule has 0 saturated heterocycles. The number of thiophene rings is 1. The lowest BCUT2D eigenvalue weighted by Gasteiger charge is -2.13. The molecule has 0 aliphatic carbocycles. The van der Waals surface area contributed by atoms with Gasteiger partial charge in [0.05, 0.1) is 11.3 Å². The van der Waals surface area contributed by atoms with Crippen molar-refractivity contribution in [1.82, 2.24) is 0 Å². The molecule has 114 valence electrons. The summed E-state index contributed by atoms with van der Waals surface area (Å²) in [4.78, 5) is 0. The van der Waals surface area contributed by atoms with E-state index < -0.39 is 21.8 Å². The van der Waals surface area contributed by atoms with Crippen LogP contribution in [0, 0.1) is 6.92 Å². The third kappa shape index (κ3) is 3.48. The van der Waals surface area contributed by atoms with Crippen molar-refractivity contribution in [3.05, 3.63) is 40.8 Å². The standard InChI is InChI=1S/C12H11F3N2O2S2/c1-7-2-3-8(12(13,14)15)4-10(7)17-21(18,19)11-5-9(16)6-20-11/h2-6,17H,16H2,1H3. The lowest BCUT2D eigenvalue weighted by molar-refractivity contribution is -0.137. The number of hydrogen-bond acceptors (Lipinski definition) is 4. The largest absolute Gasteiger partial charge is 0.416 e. The monoisotopic (exact) mass is 336 g/mol. The van der Waals surface area contributed by atoms with Crippen LogP contribution in [0.3, 0.4) is 0 Å². The molecule has 9 heteroatoms. The van der Waals surface area contributed by atoms with E-state index in [1.54, 1.807) is 0 Å². The van der Waals surface area contributed by atoms with E-state index in [1.165, 1.54) is 24.4 Å². The molecule has 2 rings (SSSR count). The van der Waals surface area contributed by atoms with Crippen LogP contribution in [-0.2, 0) is 16.2 Å². The quantitative estimate of drug-likeness (QED) is 0.901. The predicted molar refractivity (Wildman–Crippen MR) is 75.7 cm³/mol. The molecule has 0 aliphatic rings. The zero-order valence-electron chi connectivity index (χ0n) is 10.7. The molecule has 3 N–H and O–H groups in total. The number of alkyl halides is 3. The first-order chi connectivity index (χ1) is 9.59. The Bertz CT molecular complexity index is 767. The Kier molecular flexibility index (Phi) is 3.89. The summed E-state index contributed by atoms with van der Waals surface area (Å²) in [6.45, 7) is 1.51. The first-order valence-corrected chi connectivity index (χ1v) is 8.00. The van der Waals surface area contributed by atoms with Crippen molar-refractivity contribution in [2.24, 2.45) is 0 Å². The molecule has 21 heavy (non-hydrogen) atoms. The van der Waals surface area contributed by atoms with E-state index in [0.717, 1.165) is 23.5 Å². The van der Waals surface area contributed by atoms with Gasteiger partial charge in [-0.15, -0.1) is 11.3 Å². The fourth-order valence-electron chi connectivity index (χ4n) is 1.57. The molecule has 0 fully saturated rings. The number of aryl methyl sites for hydroxylation is 1. The van der Waals surface area contributed by atoms with Crippen LogP contribution in [-0.4, -0.2) is 8.42 Å². The second kappa shape index (κ2) is 5.23. The number of anilines is 2. The number of sulfonamides is 1. The van der Waals surface area contributed by atoms with Gasteiger partial charge in [-0.05, 0) is 30.7 Å². The maximum absolute atomic E-state index is 12.7. The van der Waals surface area contributed by atoms with E-state index in [1.807, 2.05) is 0 Å².